The molecule has 0 bridgehead atoms. The second kappa shape index (κ2) is 6.52. The summed E-state index contributed by atoms with van der Waals surface area (Å²) in [4.78, 5) is 19.3. The lowest BCUT2D eigenvalue weighted by molar-refractivity contribution is -0.123. The molecule has 0 unspecified atom stereocenters. The Hall–Kier alpha value is -2.18. The highest BCUT2D eigenvalue weighted by Crippen LogP contribution is 2.34. The van der Waals surface area contributed by atoms with E-state index in [-0.39, 0.29) is 11.4 Å². The van der Waals surface area contributed by atoms with Gasteiger partial charge >= 0.3 is 0 Å². The van der Waals surface area contributed by atoms with Gasteiger partial charge in [-0.3, -0.25) is 14.6 Å². The van der Waals surface area contributed by atoms with Gasteiger partial charge in [0.05, 0.1) is 17.8 Å². The van der Waals surface area contributed by atoms with Gasteiger partial charge in [-0.25, -0.2) is 0 Å². The average molecular weight is 354 g/mol. The van der Waals surface area contributed by atoms with Gasteiger partial charge in [0.1, 0.15) is 5.76 Å². The molecule has 138 valence electrons. The zero-order valence-corrected chi connectivity index (χ0v) is 15.7. The summed E-state index contributed by atoms with van der Waals surface area (Å²) in [7, 11) is 2.08. The molecule has 3 heterocycles. The Morgan fingerprint density at radius 2 is 1.96 bits per heavy atom. The number of hydrogen-bond acceptors (Lipinski definition) is 5. The number of aryl methyl sites for hydroxylation is 2. The summed E-state index contributed by atoms with van der Waals surface area (Å²) < 4.78 is 5.31. The lowest BCUT2D eigenvalue weighted by Crippen LogP contribution is -2.64. The molecule has 2 saturated heterocycles. The van der Waals surface area contributed by atoms with Crippen molar-refractivity contribution in [2.75, 3.05) is 38.1 Å². The number of piperazine rings is 1. The largest absolute Gasteiger partial charge is 0.361 e. The van der Waals surface area contributed by atoms with Gasteiger partial charge in [0.2, 0.25) is 5.91 Å². The first-order valence-electron chi connectivity index (χ1n) is 9.19. The molecule has 2 aliphatic rings. The molecule has 2 fully saturated rings. The summed E-state index contributed by atoms with van der Waals surface area (Å²) in [6.07, 6.45) is 1.06. The van der Waals surface area contributed by atoms with Gasteiger partial charge in [-0.1, -0.05) is 23.4 Å². The van der Waals surface area contributed by atoms with E-state index in [0.29, 0.717) is 6.54 Å². The number of carbonyl (C=O) groups is 1. The summed E-state index contributed by atoms with van der Waals surface area (Å²) in [5.74, 6) is 1.08. The van der Waals surface area contributed by atoms with Crippen molar-refractivity contribution in [3.63, 3.8) is 0 Å². The molecule has 0 N–H and O–H groups in total. The summed E-state index contributed by atoms with van der Waals surface area (Å²) in [6.45, 7) is 8.01. The van der Waals surface area contributed by atoms with E-state index in [0.717, 1.165) is 49.7 Å². The van der Waals surface area contributed by atoms with Gasteiger partial charge in [0.25, 0.3) is 0 Å². The molecule has 1 aromatic carbocycles. The Bertz CT molecular complexity index is 784. The third-order valence-corrected chi connectivity index (χ3v) is 5.98. The number of anilines is 1. The molecule has 2 aromatic rings. The van der Waals surface area contributed by atoms with Gasteiger partial charge in [-0.15, -0.1) is 0 Å². The third kappa shape index (κ3) is 2.93. The first kappa shape index (κ1) is 17.2. The minimum atomic E-state index is 0.00270. The van der Waals surface area contributed by atoms with Crippen LogP contribution < -0.4 is 4.90 Å². The Labute approximate surface area is 154 Å². The summed E-state index contributed by atoms with van der Waals surface area (Å²) in [5, 5.41) is 4.07. The summed E-state index contributed by atoms with van der Waals surface area (Å²) in [5.41, 5.74) is 3.16. The number of hydrogen-bond donors (Lipinski definition) is 0. The molecule has 6 nitrogen and oxygen atoms in total. The number of aromatic nitrogens is 1. The predicted molar refractivity (Wildman–Crippen MR) is 100 cm³/mol. The Morgan fingerprint density at radius 3 is 2.65 bits per heavy atom. The zero-order chi connectivity index (χ0) is 18.3. The van der Waals surface area contributed by atoms with Crippen LogP contribution in [0.4, 0.5) is 5.69 Å². The van der Waals surface area contributed by atoms with Crippen LogP contribution in [0.1, 0.15) is 23.4 Å². The predicted octanol–water partition coefficient (Wildman–Crippen LogP) is 2.21. The fourth-order valence-electron chi connectivity index (χ4n) is 4.27. The number of benzene rings is 1. The molecule has 1 atom stereocenters. The van der Waals surface area contributed by atoms with E-state index in [1.165, 1.54) is 5.56 Å². The molecule has 0 aliphatic carbocycles. The lowest BCUT2D eigenvalue weighted by Gasteiger charge is -2.47. The molecule has 4 rings (SSSR count). The smallest absolute Gasteiger partial charge is 0.241 e. The van der Waals surface area contributed by atoms with Crippen molar-refractivity contribution in [2.45, 2.75) is 32.4 Å². The fraction of sp³-hybridized carbons (Fsp3) is 0.500. The van der Waals surface area contributed by atoms with Gasteiger partial charge < -0.3 is 9.42 Å². The number of amides is 1. The van der Waals surface area contributed by atoms with Crippen molar-refractivity contribution in [1.82, 2.24) is 15.0 Å². The van der Waals surface area contributed by atoms with Crippen molar-refractivity contribution in [2.24, 2.45) is 0 Å². The van der Waals surface area contributed by atoms with Crippen LogP contribution in [0.3, 0.4) is 0 Å². The molecular formula is C20H26N4O2. The molecule has 1 spiro atoms. The van der Waals surface area contributed by atoms with Crippen LogP contribution in [-0.4, -0.2) is 59.6 Å². The quantitative estimate of drug-likeness (QED) is 0.846. The second-order valence-electron chi connectivity index (χ2n) is 7.66. The summed E-state index contributed by atoms with van der Waals surface area (Å²) in [6, 6.07) is 10.0. The highest BCUT2D eigenvalue weighted by Gasteiger charge is 2.47. The summed E-state index contributed by atoms with van der Waals surface area (Å²) >= 11 is 0. The standard InChI is InChI=1S/C20H26N4O2/c1-15-18(16(2)26-21-15)11-23-10-9-20(13-23)14-24(19(25)12-22(20)3)17-7-5-4-6-8-17/h4-8H,9-14H2,1-3H3/t20-/m0/s1. The first-order chi connectivity index (χ1) is 12.5. The van der Waals surface area contributed by atoms with Crippen molar-refractivity contribution < 1.29 is 9.32 Å². The van der Waals surface area contributed by atoms with Crippen LogP contribution in [0.25, 0.3) is 0 Å². The Balaban J connectivity index is 1.53. The highest BCUT2D eigenvalue weighted by molar-refractivity contribution is 5.96. The Morgan fingerprint density at radius 1 is 1.19 bits per heavy atom. The van der Waals surface area contributed by atoms with E-state index in [9.17, 15) is 4.79 Å². The normalized spacial score (nSPS) is 24.7. The van der Waals surface area contributed by atoms with E-state index in [2.05, 4.69) is 22.0 Å². The molecule has 6 heteroatoms. The Kier molecular flexibility index (Phi) is 4.32. The maximum Gasteiger partial charge on any atom is 0.241 e. The maximum atomic E-state index is 12.6. The van der Waals surface area contributed by atoms with Crippen LogP contribution in [0, 0.1) is 13.8 Å². The minimum Gasteiger partial charge on any atom is -0.361 e. The van der Waals surface area contributed by atoms with Gasteiger partial charge in [0.15, 0.2) is 0 Å². The maximum absolute atomic E-state index is 12.6. The van der Waals surface area contributed by atoms with Gasteiger partial charge in [-0.05, 0) is 39.4 Å². The molecule has 2 aliphatic heterocycles. The van der Waals surface area contributed by atoms with Crippen molar-refractivity contribution in [3.8, 4) is 0 Å². The zero-order valence-electron chi connectivity index (χ0n) is 15.7. The van der Waals surface area contributed by atoms with Crippen LogP contribution >= 0.6 is 0 Å². The van der Waals surface area contributed by atoms with E-state index in [4.69, 9.17) is 4.52 Å². The molecule has 1 aromatic heterocycles. The van der Waals surface area contributed by atoms with Gasteiger partial charge in [0, 0.05) is 37.4 Å². The first-order valence-corrected chi connectivity index (χ1v) is 9.19. The molecule has 1 amide bonds. The molecule has 0 saturated carbocycles. The van der Waals surface area contributed by atoms with E-state index >= 15 is 0 Å². The van der Waals surface area contributed by atoms with Gasteiger partial charge in [-0.2, -0.15) is 0 Å². The third-order valence-electron chi connectivity index (χ3n) is 5.98. The monoisotopic (exact) mass is 354 g/mol. The fourth-order valence-corrected chi connectivity index (χ4v) is 4.27. The average Bonchev–Trinajstić information content (AvgIpc) is 3.18. The number of nitrogens with zero attached hydrogens (tertiary/aromatic N) is 4. The number of rotatable bonds is 3. The van der Waals surface area contributed by atoms with Crippen molar-refractivity contribution in [1.29, 1.82) is 0 Å². The molecule has 26 heavy (non-hydrogen) atoms. The van der Waals surface area contributed by atoms with E-state index in [1.807, 2.05) is 49.1 Å². The van der Waals surface area contributed by atoms with E-state index < -0.39 is 0 Å². The number of likely N-dealkylation sites (N-methyl/N-ethyl adjacent to an activating group) is 1. The van der Waals surface area contributed by atoms with Crippen LogP contribution in [0.2, 0.25) is 0 Å². The van der Waals surface area contributed by atoms with Crippen molar-refractivity contribution >= 4 is 11.6 Å². The van der Waals surface area contributed by atoms with E-state index in [1.54, 1.807) is 0 Å². The lowest BCUT2D eigenvalue weighted by atomic mass is 9.92. The molecule has 0 radical (unpaired) electrons. The number of likely N-dealkylation sites (tertiary alicyclic amines) is 1. The van der Waals surface area contributed by atoms with Crippen LogP contribution in [-0.2, 0) is 11.3 Å². The van der Waals surface area contributed by atoms with Crippen LogP contribution in [0.15, 0.2) is 34.9 Å². The molecular weight excluding hydrogens is 328 g/mol. The topological polar surface area (TPSA) is 52.8 Å². The SMILES string of the molecule is Cc1noc(C)c1CN1CC[C@]2(C1)CN(c1ccccc1)C(=O)CN2C. The van der Waals surface area contributed by atoms with Crippen molar-refractivity contribution in [3.05, 3.63) is 47.3 Å². The highest BCUT2D eigenvalue weighted by atomic mass is 16.5. The second-order valence-corrected chi connectivity index (χ2v) is 7.66. The number of carbonyl (C=O) groups excluding carboxylic acids is 1. The number of para-hydroxylation sites is 1. The van der Waals surface area contributed by atoms with Crippen LogP contribution in [0.5, 0.6) is 0 Å². The minimum absolute atomic E-state index is 0.00270.